The van der Waals surface area contributed by atoms with E-state index in [2.05, 4.69) is 34.8 Å². The molecule has 1 heterocycles. The van der Waals surface area contributed by atoms with Crippen LogP contribution < -0.4 is 4.74 Å². The molecule has 0 aliphatic carbocycles. The zero-order valence-electron chi connectivity index (χ0n) is 8.13. The number of aromatic nitrogens is 1. The van der Waals surface area contributed by atoms with Gasteiger partial charge >= 0.3 is 0 Å². The van der Waals surface area contributed by atoms with E-state index in [9.17, 15) is 0 Å². The number of hydrogen-bond donors (Lipinski definition) is 0. The molecule has 1 aromatic heterocycles. The van der Waals surface area contributed by atoms with Crippen molar-refractivity contribution in [1.82, 2.24) is 4.98 Å². The first-order valence-electron chi connectivity index (χ1n) is 4.12. The van der Waals surface area contributed by atoms with Crippen molar-refractivity contribution >= 4 is 27.3 Å². The number of halogens is 1. The molecule has 0 bridgehead atoms. The second kappa shape index (κ2) is 4.42. The molecule has 13 heavy (non-hydrogen) atoms. The van der Waals surface area contributed by atoms with Gasteiger partial charge in [-0.25, -0.2) is 4.98 Å². The van der Waals surface area contributed by atoms with Crippen molar-refractivity contribution in [2.75, 3.05) is 12.4 Å². The number of ether oxygens (including phenoxy) is 1. The van der Waals surface area contributed by atoms with Gasteiger partial charge < -0.3 is 4.74 Å². The predicted molar refractivity (Wildman–Crippen MR) is 59.9 cm³/mol. The van der Waals surface area contributed by atoms with Gasteiger partial charge in [-0.05, 0) is 11.8 Å². The summed E-state index contributed by atoms with van der Waals surface area (Å²) in [6.45, 7) is 4.46. The second-order valence-corrected chi connectivity index (χ2v) is 5.41. The van der Waals surface area contributed by atoms with Gasteiger partial charge in [0.15, 0.2) is 0 Å². The Morgan fingerprint density at radius 1 is 1.62 bits per heavy atom. The van der Waals surface area contributed by atoms with E-state index in [-0.39, 0.29) is 5.41 Å². The zero-order valence-corrected chi connectivity index (χ0v) is 10.5. The SMILES string of the molecule is COc1ncc(CC(C)(C)CBr)s1. The summed E-state index contributed by atoms with van der Waals surface area (Å²) in [7, 11) is 1.65. The highest BCUT2D eigenvalue weighted by Crippen LogP contribution is 2.29. The molecule has 0 aromatic carbocycles. The number of thiazole rings is 1. The molecule has 4 heteroatoms. The summed E-state index contributed by atoms with van der Waals surface area (Å²) in [5.41, 5.74) is 0.289. The number of hydrogen-bond acceptors (Lipinski definition) is 3. The Hall–Kier alpha value is -0.0900. The minimum Gasteiger partial charge on any atom is -0.473 e. The molecule has 0 saturated heterocycles. The van der Waals surface area contributed by atoms with Gasteiger partial charge in [0, 0.05) is 16.4 Å². The third-order valence-corrected chi connectivity index (χ3v) is 4.20. The lowest BCUT2D eigenvalue weighted by molar-refractivity contribution is 0.412. The lowest BCUT2D eigenvalue weighted by Gasteiger charge is -2.19. The van der Waals surface area contributed by atoms with E-state index in [1.807, 2.05) is 6.20 Å². The van der Waals surface area contributed by atoms with E-state index in [4.69, 9.17) is 4.74 Å². The lowest BCUT2D eigenvalue weighted by atomic mass is 9.92. The van der Waals surface area contributed by atoms with Gasteiger partial charge in [0.1, 0.15) is 0 Å². The van der Waals surface area contributed by atoms with Crippen LogP contribution in [-0.4, -0.2) is 17.4 Å². The van der Waals surface area contributed by atoms with Gasteiger partial charge in [-0.3, -0.25) is 0 Å². The van der Waals surface area contributed by atoms with E-state index in [1.54, 1.807) is 18.4 Å². The first-order chi connectivity index (χ1) is 6.07. The lowest BCUT2D eigenvalue weighted by Crippen LogP contribution is -2.15. The van der Waals surface area contributed by atoms with E-state index < -0.39 is 0 Å². The summed E-state index contributed by atoms with van der Waals surface area (Å²) >= 11 is 5.13. The van der Waals surface area contributed by atoms with Gasteiger partial charge in [0.05, 0.1) is 7.11 Å². The average Bonchev–Trinajstić information content (AvgIpc) is 2.52. The molecule has 1 rings (SSSR count). The third kappa shape index (κ3) is 3.27. The summed E-state index contributed by atoms with van der Waals surface area (Å²) in [5, 5.41) is 1.75. The molecule has 0 radical (unpaired) electrons. The van der Waals surface area contributed by atoms with Crippen molar-refractivity contribution in [2.45, 2.75) is 20.3 Å². The first-order valence-corrected chi connectivity index (χ1v) is 6.06. The molecule has 0 N–H and O–H groups in total. The Bertz CT molecular complexity index is 272. The molecule has 0 amide bonds. The van der Waals surface area contributed by atoms with Gasteiger partial charge in [-0.15, -0.1) is 0 Å². The number of methoxy groups -OCH3 is 1. The van der Waals surface area contributed by atoms with Gasteiger partial charge in [0.2, 0.25) is 0 Å². The zero-order chi connectivity index (χ0) is 9.90. The molecule has 0 spiro atoms. The molecular weight excluding hydrogens is 250 g/mol. The third-order valence-electron chi connectivity index (χ3n) is 1.72. The summed E-state index contributed by atoms with van der Waals surface area (Å²) in [6, 6.07) is 0. The first kappa shape index (κ1) is 11.0. The van der Waals surface area contributed by atoms with E-state index >= 15 is 0 Å². The van der Waals surface area contributed by atoms with Crippen molar-refractivity contribution in [3.8, 4) is 5.19 Å². The predicted octanol–water partition coefficient (Wildman–Crippen LogP) is 3.12. The molecule has 0 fully saturated rings. The minimum absolute atomic E-state index is 0.289. The molecule has 1 aromatic rings. The van der Waals surface area contributed by atoms with Crippen LogP contribution in [-0.2, 0) is 6.42 Å². The van der Waals surface area contributed by atoms with Crippen LogP contribution in [0.2, 0.25) is 0 Å². The van der Waals surface area contributed by atoms with Crippen LogP contribution in [0, 0.1) is 5.41 Å². The molecule has 74 valence electrons. The molecule has 0 unspecified atom stereocenters. The standard InChI is InChI=1S/C9H14BrNOS/c1-9(2,6-10)4-7-5-11-8(12-3)13-7/h5H,4,6H2,1-3H3. The van der Waals surface area contributed by atoms with Crippen LogP contribution >= 0.6 is 27.3 Å². The van der Waals surface area contributed by atoms with Crippen LogP contribution in [0.3, 0.4) is 0 Å². The Balaban J connectivity index is 2.63. The maximum absolute atomic E-state index is 5.04. The molecule has 2 nitrogen and oxygen atoms in total. The molecule has 0 saturated carbocycles. The number of alkyl halides is 1. The van der Waals surface area contributed by atoms with E-state index in [0.29, 0.717) is 0 Å². The van der Waals surface area contributed by atoms with Crippen LogP contribution in [0.25, 0.3) is 0 Å². The Morgan fingerprint density at radius 2 is 2.31 bits per heavy atom. The summed E-state index contributed by atoms with van der Waals surface area (Å²) in [6.07, 6.45) is 2.94. The fourth-order valence-corrected chi connectivity index (χ4v) is 2.16. The maximum Gasteiger partial charge on any atom is 0.273 e. The van der Waals surface area contributed by atoms with Crippen molar-refractivity contribution in [1.29, 1.82) is 0 Å². The Labute approximate surface area is 91.5 Å². The van der Waals surface area contributed by atoms with Gasteiger partial charge in [-0.1, -0.05) is 41.1 Å². The van der Waals surface area contributed by atoms with E-state index in [0.717, 1.165) is 16.9 Å². The van der Waals surface area contributed by atoms with Gasteiger partial charge in [-0.2, -0.15) is 0 Å². The molecule has 0 aliphatic rings. The topological polar surface area (TPSA) is 22.1 Å². The maximum atomic E-state index is 5.04. The molecule has 0 atom stereocenters. The smallest absolute Gasteiger partial charge is 0.273 e. The van der Waals surface area contributed by atoms with Crippen molar-refractivity contribution in [3.05, 3.63) is 11.1 Å². The van der Waals surface area contributed by atoms with Crippen molar-refractivity contribution in [2.24, 2.45) is 5.41 Å². The van der Waals surface area contributed by atoms with Crippen molar-refractivity contribution in [3.63, 3.8) is 0 Å². The molecule has 0 aliphatic heterocycles. The highest BCUT2D eigenvalue weighted by Gasteiger charge is 2.18. The average molecular weight is 264 g/mol. The summed E-state index contributed by atoms with van der Waals surface area (Å²) in [4.78, 5) is 5.41. The summed E-state index contributed by atoms with van der Waals surface area (Å²) in [5.74, 6) is 0. The van der Waals surface area contributed by atoms with Crippen LogP contribution in [0.1, 0.15) is 18.7 Å². The normalized spacial score (nSPS) is 11.7. The van der Waals surface area contributed by atoms with E-state index in [1.165, 1.54) is 4.88 Å². The second-order valence-electron chi connectivity index (χ2n) is 3.77. The molecular formula is C9H14BrNOS. The fraction of sp³-hybridized carbons (Fsp3) is 0.667. The van der Waals surface area contributed by atoms with Crippen molar-refractivity contribution < 1.29 is 4.74 Å². The van der Waals surface area contributed by atoms with Crippen LogP contribution in [0.4, 0.5) is 0 Å². The highest BCUT2D eigenvalue weighted by molar-refractivity contribution is 9.09. The number of nitrogens with zero attached hydrogens (tertiary/aromatic N) is 1. The van der Waals surface area contributed by atoms with Gasteiger partial charge in [0.25, 0.3) is 5.19 Å². The fourth-order valence-electron chi connectivity index (χ4n) is 0.985. The Kier molecular flexibility index (Phi) is 3.74. The Morgan fingerprint density at radius 3 is 2.77 bits per heavy atom. The quantitative estimate of drug-likeness (QED) is 0.779. The van der Waals surface area contributed by atoms with Crippen LogP contribution in [0.5, 0.6) is 5.19 Å². The summed E-state index contributed by atoms with van der Waals surface area (Å²) < 4.78 is 5.04. The largest absolute Gasteiger partial charge is 0.473 e. The number of rotatable bonds is 4. The minimum atomic E-state index is 0.289. The highest BCUT2D eigenvalue weighted by atomic mass is 79.9. The monoisotopic (exact) mass is 263 g/mol. The van der Waals surface area contributed by atoms with Crippen LogP contribution in [0.15, 0.2) is 6.20 Å².